The number of nitrogens with zero attached hydrogens (tertiary/aromatic N) is 2. The maximum Gasteiger partial charge on any atom is 0.244 e. The van der Waals surface area contributed by atoms with E-state index in [4.69, 9.17) is 21.1 Å². The zero-order valence-electron chi connectivity index (χ0n) is 17.4. The van der Waals surface area contributed by atoms with E-state index in [1.165, 1.54) is 6.08 Å². The van der Waals surface area contributed by atoms with Gasteiger partial charge >= 0.3 is 0 Å². The number of imidazole rings is 1. The molecule has 158 valence electrons. The van der Waals surface area contributed by atoms with Gasteiger partial charge in [0.15, 0.2) is 11.5 Å². The number of aryl methyl sites for hydroxylation is 2. The van der Waals surface area contributed by atoms with Gasteiger partial charge in [0.05, 0.1) is 29.8 Å². The lowest BCUT2D eigenvalue weighted by atomic mass is 10.2. The summed E-state index contributed by atoms with van der Waals surface area (Å²) in [5, 5.41) is 3.35. The Kier molecular flexibility index (Phi) is 7.36. The average molecular weight is 428 g/mol. The summed E-state index contributed by atoms with van der Waals surface area (Å²) < 4.78 is 13.0. The lowest BCUT2D eigenvalue weighted by Crippen LogP contribution is -2.23. The molecule has 0 spiro atoms. The van der Waals surface area contributed by atoms with Crippen LogP contribution in [0.1, 0.15) is 24.7 Å². The SMILES string of the molecule is CCOc1cc(C=CC(=O)NCCCn2c(C)nc3ccccc32)cc(Cl)c1OC. The summed E-state index contributed by atoms with van der Waals surface area (Å²) in [6.07, 6.45) is 4.01. The smallest absolute Gasteiger partial charge is 0.244 e. The van der Waals surface area contributed by atoms with Crippen LogP contribution in [0, 0.1) is 6.92 Å². The standard InChI is InChI=1S/C23H26ClN3O3/c1-4-30-21-15-17(14-18(24)23(21)29-3)10-11-22(28)25-12-7-13-27-16(2)26-19-8-5-6-9-20(19)27/h5-6,8-11,14-15H,4,7,12-13H2,1-3H3,(H,25,28). The molecule has 2 aromatic carbocycles. The summed E-state index contributed by atoms with van der Waals surface area (Å²) in [5.41, 5.74) is 2.87. The van der Waals surface area contributed by atoms with Gasteiger partial charge in [-0.1, -0.05) is 23.7 Å². The molecule has 3 aromatic rings. The van der Waals surface area contributed by atoms with Gasteiger partial charge in [0.25, 0.3) is 0 Å². The zero-order valence-corrected chi connectivity index (χ0v) is 18.2. The number of ether oxygens (including phenoxy) is 2. The van der Waals surface area contributed by atoms with Gasteiger partial charge in [-0.2, -0.15) is 0 Å². The molecule has 6 nitrogen and oxygen atoms in total. The number of fused-ring (bicyclic) bond motifs is 1. The third-order valence-electron chi connectivity index (χ3n) is 4.67. The number of methoxy groups -OCH3 is 1. The monoisotopic (exact) mass is 427 g/mol. The molecule has 3 rings (SSSR count). The van der Waals surface area contributed by atoms with Crippen LogP contribution in [0.15, 0.2) is 42.5 Å². The van der Waals surface area contributed by atoms with Gasteiger partial charge in [-0.25, -0.2) is 4.98 Å². The second-order valence-corrected chi connectivity index (χ2v) is 7.15. The van der Waals surface area contributed by atoms with Crippen LogP contribution >= 0.6 is 11.6 Å². The summed E-state index contributed by atoms with van der Waals surface area (Å²) in [6.45, 7) is 5.74. The quantitative estimate of drug-likeness (QED) is 0.399. The van der Waals surface area contributed by atoms with Crippen LogP contribution in [0.4, 0.5) is 0 Å². The Balaban J connectivity index is 1.54. The Morgan fingerprint density at radius 3 is 2.87 bits per heavy atom. The van der Waals surface area contributed by atoms with Gasteiger partial charge in [0.2, 0.25) is 5.91 Å². The predicted octanol–water partition coefficient (Wildman–Crippen LogP) is 4.63. The van der Waals surface area contributed by atoms with Crippen LogP contribution in [0.25, 0.3) is 17.1 Å². The lowest BCUT2D eigenvalue weighted by Gasteiger charge is -2.11. The minimum Gasteiger partial charge on any atom is -0.491 e. The average Bonchev–Trinajstić information content (AvgIpc) is 3.05. The molecule has 0 aliphatic carbocycles. The van der Waals surface area contributed by atoms with Crippen molar-refractivity contribution < 1.29 is 14.3 Å². The molecule has 0 aliphatic heterocycles. The molecule has 0 radical (unpaired) electrons. The first-order valence-corrected chi connectivity index (χ1v) is 10.3. The van der Waals surface area contributed by atoms with Crippen molar-refractivity contribution in [1.29, 1.82) is 0 Å². The molecule has 1 heterocycles. The number of rotatable bonds is 9. The maximum absolute atomic E-state index is 12.2. The molecule has 0 saturated heterocycles. The summed E-state index contributed by atoms with van der Waals surface area (Å²) in [4.78, 5) is 16.7. The highest BCUT2D eigenvalue weighted by atomic mass is 35.5. The van der Waals surface area contributed by atoms with Gasteiger partial charge < -0.3 is 19.4 Å². The van der Waals surface area contributed by atoms with Crippen molar-refractivity contribution in [1.82, 2.24) is 14.9 Å². The van der Waals surface area contributed by atoms with Crippen molar-refractivity contribution in [3.63, 3.8) is 0 Å². The highest BCUT2D eigenvalue weighted by molar-refractivity contribution is 6.32. The number of hydrogen-bond acceptors (Lipinski definition) is 4. The normalized spacial score (nSPS) is 11.2. The fourth-order valence-corrected chi connectivity index (χ4v) is 3.60. The van der Waals surface area contributed by atoms with Crippen LogP contribution in [0.2, 0.25) is 5.02 Å². The molecule has 30 heavy (non-hydrogen) atoms. The highest BCUT2D eigenvalue weighted by Gasteiger charge is 2.11. The summed E-state index contributed by atoms with van der Waals surface area (Å²) >= 11 is 6.24. The number of hydrogen-bond donors (Lipinski definition) is 1. The van der Waals surface area contributed by atoms with Crippen LogP contribution in [-0.2, 0) is 11.3 Å². The van der Waals surface area contributed by atoms with Gasteiger partial charge in [-0.05, 0) is 56.2 Å². The Bertz CT molecular complexity index is 1060. The number of benzene rings is 2. The van der Waals surface area contributed by atoms with Gasteiger partial charge in [0.1, 0.15) is 5.82 Å². The summed E-state index contributed by atoms with van der Waals surface area (Å²) in [5.74, 6) is 1.86. The van der Waals surface area contributed by atoms with Gasteiger partial charge in [-0.15, -0.1) is 0 Å². The minimum atomic E-state index is -0.160. The highest BCUT2D eigenvalue weighted by Crippen LogP contribution is 2.36. The van der Waals surface area contributed by atoms with E-state index in [-0.39, 0.29) is 5.91 Å². The third kappa shape index (κ3) is 5.13. The number of carbonyl (C=O) groups excluding carboxylic acids is 1. The Hall–Kier alpha value is -2.99. The van der Waals surface area contributed by atoms with Crippen LogP contribution in [-0.4, -0.2) is 35.7 Å². The van der Waals surface area contributed by atoms with E-state index in [2.05, 4.69) is 20.9 Å². The van der Waals surface area contributed by atoms with E-state index >= 15 is 0 Å². The first-order chi connectivity index (χ1) is 14.5. The number of nitrogens with one attached hydrogen (secondary N) is 1. The molecule has 0 atom stereocenters. The fourth-order valence-electron chi connectivity index (χ4n) is 3.30. The fraction of sp³-hybridized carbons (Fsp3) is 0.304. The number of aromatic nitrogens is 2. The largest absolute Gasteiger partial charge is 0.491 e. The molecule has 1 N–H and O–H groups in total. The summed E-state index contributed by atoms with van der Waals surface area (Å²) in [7, 11) is 1.54. The maximum atomic E-state index is 12.2. The van der Waals surface area contributed by atoms with Crippen molar-refractivity contribution in [2.45, 2.75) is 26.8 Å². The molecule has 0 saturated carbocycles. The van der Waals surface area contributed by atoms with Gasteiger partial charge in [0, 0.05) is 19.2 Å². The van der Waals surface area contributed by atoms with E-state index < -0.39 is 0 Å². The molecule has 0 aliphatic rings. The third-order valence-corrected chi connectivity index (χ3v) is 4.95. The second kappa shape index (κ2) is 10.2. The Morgan fingerprint density at radius 2 is 2.10 bits per heavy atom. The molecular weight excluding hydrogens is 402 g/mol. The molecule has 0 fully saturated rings. The van der Waals surface area contributed by atoms with E-state index in [0.717, 1.165) is 35.4 Å². The van der Waals surface area contributed by atoms with Crippen molar-refractivity contribution >= 4 is 34.6 Å². The van der Waals surface area contributed by atoms with Gasteiger partial charge in [-0.3, -0.25) is 4.79 Å². The van der Waals surface area contributed by atoms with Crippen LogP contribution in [0.3, 0.4) is 0 Å². The molecule has 0 unspecified atom stereocenters. The minimum absolute atomic E-state index is 0.160. The molecule has 0 bridgehead atoms. The van der Waals surface area contributed by atoms with Crippen molar-refractivity contribution in [3.8, 4) is 11.5 Å². The van der Waals surface area contributed by atoms with Crippen LogP contribution < -0.4 is 14.8 Å². The Labute approximate surface area is 181 Å². The van der Waals surface area contributed by atoms with Crippen molar-refractivity contribution in [2.24, 2.45) is 0 Å². The summed E-state index contributed by atoms with van der Waals surface area (Å²) in [6, 6.07) is 11.6. The van der Waals surface area contributed by atoms with E-state index in [0.29, 0.717) is 29.7 Å². The lowest BCUT2D eigenvalue weighted by molar-refractivity contribution is -0.116. The Morgan fingerprint density at radius 1 is 1.30 bits per heavy atom. The van der Waals surface area contributed by atoms with E-state index in [1.807, 2.05) is 32.0 Å². The van der Waals surface area contributed by atoms with Crippen molar-refractivity contribution in [3.05, 3.63) is 58.9 Å². The molecule has 1 aromatic heterocycles. The first kappa shape index (κ1) is 21.7. The first-order valence-electron chi connectivity index (χ1n) is 9.91. The van der Waals surface area contributed by atoms with Crippen LogP contribution in [0.5, 0.6) is 11.5 Å². The molecule has 1 amide bonds. The van der Waals surface area contributed by atoms with E-state index in [1.54, 1.807) is 25.3 Å². The zero-order chi connectivity index (χ0) is 21.5. The molecule has 7 heteroatoms. The number of halogens is 1. The number of amides is 1. The number of para-hydroxylation sites is 2. The predicted molar refractivity (Wildman–Crippen MR) is 120 cm³/mol. The second-order valence-electron chi connectivity index (χ2n) is 6.74. The topological polar surface area (TPSA) is 65.4 Å². The number of carbonyl (C=O) groups is 1. The molecular formula is C23H26ClN3O3. The van der Waals surface area contributed by atoms with Crippen molar-refractivity contribution in [2.75, 3.05) is 20.3 Å². The van der Waals surface area contributed by atoms with E-state index in [9.17, 15) is 4.79 Å².